The molecule has 0 spiro atoms. The predicted molar refractivity (Wildman–Crippen MR) is 103 cm³/mol. The summed E-state index contributed by atoms with van der Waals surface area (Å²) in [6.45, 7) is 11.2. The van der Waals surface area contributed by atoms with Crippen LogP contribution in [-0.2, 0) is 4.74 Å². The van der Waals surface area contributed by atoms with Gasteiger partial charge in [-0.05, 0) is 30.7 Å². The molecule has 136 valence electrons. The number of hydrogen-bond acceptors (Lipinski definition) is 4. The van der Waals surface area contributed by atoms with Gasteiger partial charge in [0.05, 0.1) is 18.8 Å². The summed E-state index contributed by atoms with van der Waals surface area (Å²) in [4.78, 5) is 8.27. The second-order valence-corrected chi connectivity index (χ2v) is 7.75. The number of hydrogen-bond donors (Lipinski definition) is 2. The van der Waals surface area contributed by atoms with Crippen molar-refractivity contribution in [3.8, 4) is 0 Å². The van der Waals surface area contributed by atoms with Crippen molar-refractivity contribution in [1.29, 1.82) is 0 Å². The van der Waals surface area contributed by atoms with Crippen LogP contribution in [0.1, 0.15) is 38.1 Å². The van der Waals surface area contributed by atoms with E-state index in [9.17, 15) is 0 Å². The number of rotatable bonds is 7. The fourth-order valence-corrected chi connectivity index (χ4v) is 3.77. The van der Waals surface area contributed by atoms with Crippen molar-refractivity contribution in [2.24, 2.45) is 10.9 Å². The number of aliphatic imine (C=N–C) groups is 1. The minimum Gasteiger partial charge on any atom is -0.376 e. The van der Waals surface area contributed by atoms with Gasteiger partial charge in [0.2, 0.25) is 0 Å². The molecule has 0 saturated carbocycles. The highest BCUT2D eigenvalue weighted by Crippen LogP contribution is 2.26. The fraction of sp³-hybridized carbons (Fsp3) is 0.722. The van der Waals surface area contributed by atoms with Crippen LogP contribution in [0.15, 0.2) is 22.5 Å². The van der Waals surface area contributed by atoms with Crippen LogP contribution in [0.5, 0.6) is 0 Å². The van der Waals surface area contributed by atoms with Crippen LogP contribution in [0.4, 0.5) is 0 Å². The number of nitrogens with one attached hydrogen (secondary N) is 2. The lowest BCUT2D eigenvalue weighted by Crippen LogP contribution is -2.48. The molecule has 0 radical (unpaired) electrons. The molecule has 1 aromatic rings. The monoisotopic (exact) mass is 352 g/mol. The van der Waals surface area contributed by atoms with Crippen molar-refractivity contribution in [2.45, 2.75) is 39.3 Å². The van der Waals surface area contributed by atoms with Crippen molar-refractivity contribution < 1.29 is 4.74 Å². The minimum absolute atomic E-state index is 0.296. The van der Waals surface area contributed by atoms with Crippen molar-refractivity contribution in [2.75, 3.05) is 39.8 Å². The number of nitrogens with zero attached hydrogens (tertiary/aromatic N) is 2. The van der Waals surface area contributed by atoms with Crippen LogP contribution in [0.3, 0.4) is 0 Å². The van der Waals surface area contributed by atoms with E-state index in [4.69, 9.17) is 4.74 Å². The normalized spacial score (nSPS) is 21.0. The zero-order valence-corrected chi connectivity index (χ0v) is 16.2. The average Bonchev–Trinajstić information content (AvgIpc) is 3.07. The lowest BCUT2D eigenvalue weighted by atomic mass is 10.1. The molecule has 2 atom stereocenters. The largest absolute Gasteiger partial charge is 0.376 e. The highest BCUT2D eigenvalue weighted by molar-refractivity contribution is 7.10. The first-order valence-electron chi connectivity index (χ1n) is 8.93. The van der Waals surface area contributed by atoms with Gasteiger partial charge in [-0.1, -0.05) is 19.9 Å². The highest BCUT2D eigenvalue weighted by atomic mass is 32.1. The minimum atomic E-state index is 0.296. The molecule has 0 aliphatic carbocycles. The van der Waals surface area contributed by atoms with E-state index in [1.165, 1.54) is 4.88 Å². The zero-order chi connectivity index (χ0) is 17.4. The molecule has 6 heteroatoms. The number of ether oxygens (including phenoxy) is 1. The molecule has 1 aliphatic rings. The van der Waals surface area contributed by atoms with E-state index in [1.807, 2.05) is 18.4 Å². The van der Waals surface area contributed by atoms with Gasteiger partial charge in [-0.2, -0.15) is 0 Å². The quantitative estimate of drug-likeness (QED) is 0.585. The molecule has 2 unspecified atom stereocenters. The summed E-state index contributed by atoms with van der Waals surface area (Å²) in [5, 5.41) is 9.07. The summed E-state index contributed by atoms with van der Waals surface area (Å²) >= 11 is 1.82. The molecule has 0 amide bonds. The molecule has 5 nitrogen and oxygen atoms in total. The molecular weight excluding hydrogens is 320 g/mol. The molecule has 1 fully saturated rings. The van der Waals surface area contributed by atoms with Gasteiger partial charge < -0.3 is 15.4 Å². The van der Waals surface area contributed by atoms with E-state index in [-0.39, 0.29) is 0 Å². The second-order valence-electron chi connectivity index (χ2n) is 6.77. The van der Waals surface area contributed by atoms with Crippen LogP contribution >= 0.6 is 11.3 Å². The van der Waals surface area contributed by atoms with Crippen LogP contribution in [0, 0.1) is 5.92 Å². The van der Waals surface area contributed by atoms with Crippen LogP contribution in [0.25, 0.3) is 0 Å². The standard InChI is InChI=1S/C18H32N4OS/c1-14(2)7-8-20-18(19-4)21-12-16(17-6-5-11-24-17)22-9-10-23-15(3)13-22/h5-6,11,14-16H,7-10,12-13H2,1-4H3,(H2,19,20,21). The topological polar surface area (TPSA) is 48.9 Å². The lowest BCUT2D eigenvalue weighted by molar-refractivity contribution is -0.0334. The summed E-state index contributed by atoms with van der Waals surface area (Å²) in [6, 6.07) is 4.72. The van der Waals surface area contributed by atoms with Gasteiger partial charge in [-0.25, -0.2) is 0 Å². The van der Waals surface area contributed by atoms with Gasteiger partial charge in [-0.15, -0.1) is 11.3 Å². The van der Waals surface area contributed by atoms with E-state index in [1.54, 1.807) is 0 Å². The van der Waals surface area contributed by atoms with Gasteiger partial charge >= 0.3 is 0 Å². The second kappa shape index (κ2) is 10.0. The molecule has 0 bridgehead atoms. The molecule has 2 rings (SSSR count). The predicted octanol–water partition coefficient (Wildman–Crippen LogP) is 2.72. The first-order valence-corrected chi connectivity index (χ1v) is 9.81. The summed E-state index contributed by atoms with van der Waals surface area (Å²) in [6.07, 6.45) is 1.44. The fourth-order valence-electron chi connectivity index (χ4n) is 2.91. The molecular formula is C18H32N4OS. The Morgan fingerprint density at radius 1 is 1.46 bits per heavy atom. The van der Waals surface area contributed by atoms with Crippen LogP contribution in [-0.4, -0.2) is 56.8 Å². The van der Waals surface area contributed by atoms with E-state index >= 15 is 0 Å². The maximum absolute atomic E-state index is 5.70. The van der Waals surface area contributed by atoms with E-state index in [0.717, 1.165) is 45.2 Å². The Morgan fingerprint density at radius 3 is 2.92 bits per heavy atom. The van der Waals surface area contributed by atoms with Crippen molar-refractivity contribution >= 4 is 17.3 Å². The third-order valence-corrected chi connectivity index (χ3v) is 5.26. The van der Waals surface area contributed by atoms with Crippen molar-refractivity contribution in [3.63, 3.8) is 0 Å². The van der Waals surface area contributed by atoms with Crippen molar-refractivity contribution in [1.82, 2.24) is 15.5 Å². The molecule has 24 heavy (non-hydrogen) atoms. The number of morpholine rings is 1. The summed E-state index contributed by atoms with van der Waals surface area (Å²) < 4.78 is 5.70. The van der Waals surface area contributed by atoms with E-state index in [0.29, 0.717) is 18.1 Å². The van der Waals surface area contributed by atoms with Crippen molar-refractivity contribution in [3.05, 3.63) is 22.4 Å². The first kappa shape index (κ1) is 19.2. The van der Waals surface area contributed by atoms with E-state index in [2.05, 4.69) is 58.8 Å². The number of thiophene rings is 1. The lowest BCUT2D eigenvalue weighted by Gasteiger charge is -2.37. The summed E-state index contributed by atoms with van der Waals surface area (Å²) in [5.74, 6) is 1.59. The van der Waals surface area contributed by atoms with Crippen LogP contribution < -0.4 is 10.6 Å². The Labute approximate surface area is 150 Å². The Kier molecular flexibility index (Phi) is 8.02. The summed E-state index contributed by atoms with van der Waals surface area (Å²) in [7, 11) is 1.83. The third kappa shape index (κ3) is 6.07. The average molecular weight is 353 g/mol. The SMILES string of the molecule is CN=C(NCCC(C)C)NCC(c1cccs1)N1CCOC(C)C1. The Hall–Kier alpha value is -1.11. The molecule has 1 aliphatic heterocycles. The molecule has 1 saturated heterocycles. The third-order valence-electron chi connectivity index (χ3n) is 4.29. The van der Waals surface area contributed by atoms with Gasteiger partial charge in [-0.3, -0.25) is 9.89 Å². The molecule has 0 aromatic carbocycles. The molecule has 1 aromatic heterocycles. The smallest absolute Gasteiger partial charge is 0.191 e. The first-order chi connectivity index (χ1) is 11.6. The maximum Gasteiger partial charge on any atom is 0.191 e. The maximum atomic E-state index is 5.70. The highest BCUT2D eigenvalue weighted by Gasteiger charge is 2.26. The van der Waals surface area contributed by atoms with E-state index < -0.39 is 0 Å². The van der Waals surface area contributed by atoms with Crippen LogP contribution in [0.2, 0.25) is 0 Å². The number of guanidine groups is 1. The Morgan fingerprint density at radius 2 is 2.29 bits per heavy atom. The molecule has 2 N–H and O–H groups in total. The van der Waals surface area contributed by atoms with Gasteiger partial charge in [0.25, 0.3) is 0 Å². The summed E-state index contributed by atoms with van der Waals surface area (Å²) in [5.41, 5.74) is 0. The zero-order valence-electron chi connectivity index (χ0n) is 15.4. The Balaban J connectivity index is 1.93. The van der Waals surface area contributed by atoms with Gasteiger partial charge in [0, 0.05) is 38.1 Å². The van der Waals surface area contributed by atoms with Gasteiger partial charge in [0.1, 0.15) is 0 Å². The molecule has 2 heterocycles. The van der Waals surface area contributed by atoms with Gasteiger partial charge in [0.15, 0.2) is 5.96 Å². The Bertz CT molecular complexity index is 489.